The predicted molar refractivity (Wildman–Crippen MR) is 62.8 cm³/mol. The van der Waals surface area contributed by atoms with Crippen LogP contribution in [0.2, 0.25) is 0 Å². The van der Waals surface area contributed by atoms with E-state index in [1.165, 1.54) is 0 Å². The molecule has 3 atom stereocenters. The topological polar surface area (TPSA) is 170 Å². The Kier molecular flexibility index (Phi) is 5.00. The Morgan fingerprint density at radius 2 is 1.95 bits per heavy atom. The molecule has 1 amide bonds. The number of carboxylic acid groups (broad SMARTS) is 3. The minimum Gasteiger partial charge on any atom is -0.481 e. The van der Waals surface area contributed by atoms with E-state index in [9.17, 15) is 19.2 Å². The lowest BCUT2D eigenvalue weighted by Gasteiger charge is -2.38. The van der Waals surface area contributed by atoms with E-state index in [-0.39, 0.29) is 6.54 Å². The van der Waals surface area contributed by atoms with Crippen LogP contribution in [0.4, 0.5) is 0 Å². The zero-order valence-corrected chi connectivity index (χ0v) is 10.4. The van der Waals surface area contributed by atoms with Crippen molar-refractivity contribution >= 4 is 23.8 Å². The van der Waals surface area contributed by atoms with Gasteiger partial charge >= 0.3 is 17.9 Å². The van der Waals surface area contributed by atoms with Crippen LogP contribution >= 0.6 is 0 Å². The molecule has 0 radical (unpaired) electrons. The van der Waals surface area contributed by atoms with E-state index in [0.29, 0.717) is 0 Å². The summed E-state index contributed by atoms with van der Waals surface area (Å²) < 4.78 is 0. The van der Waals surface area contributed by atoms with E-state index in [0.717, 1.165) is 4.90 Å². The molecule has 0 bridgehead atoms. The van der Waals surface area contributed by atoms with E-state index in [1.807, 2.05) is 0 Å². The standard InChI is InChI=1S/C10H15N3O7/c11-4(9(17)18)3-13-6(10(19)20)2-12-5(8(13)16)1-7(14)15/h4-6,12H,1-3,11H2,(H,14,15)(H,17,18)(H,19,20). The van der Waals surface area contributed by atoms with Gasteiger partial charge in [0.1, 0.15) is 12.1 Å². The molecule has 1 saturated heterocycles. The molecule has 20 heavy (non-hydrogen) atoms. The zero-order valence-electron chi connectivity index (χ0n) is 10.4. The van der Waals surface area contributed by atoms with Gasteiger partial charge in [-0.05, 0) is 0 Å². The molecule has 0 aromatic rings. The van der Waals surface area contributed by atoms with Crippen molar-refractivity contribution in [2.24, 2.45) is 5.73 Å². The number of nitrogens with one attached hydrogen (secondary N) is 1. The average Bonchev–Trinajstić information content (AvgIpc) is 2.32. The number of carbonyl (C=O) groups excluding carboxylic acids is 1. The molecule has 1 aliphatic rings. The third kappa shape index (κ3) is 3.65. The smallest absolute Gasteiger partial charge is 0.327 e. The first kappa shape index (κ1) is 15.9. The highest BCUT2D eigenvalue weighted by Crippen LogP contribution is 2.12. The summed E-state index contributed by atoms with van der Waals surface area (Å²) in [5.41, 5.74) is 5.30. The molecule has 0 spiro atoms. The normalized spacial score (nSPS) is 24.2. The molecule has 0 aromatic carbocycles. The summed E-state index contributed by atoms with van der Waals surface area (Å²) in [6, 6.07) is -3.81. The summed E-state index contributed by atoms with van der Waals surface area (Å²) in [6.07, 6.45) is -0.524. The molecule has 0 aromatic heterocycles. The fraction of sp³-hybridized carbons (Fsp3) is 0.600. The summed E-state index contributed by atoms with van der Waals surface area (Å²) in [5, 5.41) is 28.9. The second-order valence-corrected chi connectivity index (χ2v) is 4.35. The first-order chi connectivity index (χ1) is 9.23. The number of piperazine rings is 1. The van der Waals surface area contributed by atoms with Crippen molar-refractivity contribution in [1.29, 1.82) is 0 Å². The fourth-order valence-electron chi connectivity index (χ4n) is 1.87. The zero-order chi connectivity index (χ0) is 15.4. The second kappa shape index (κ2) is 6.30. The molecule has 3 unspecified atom stereocenters. The maximum atomic E-state index is 12.0. The molecule has 112 valence electrons. The number of hydrogen-bond donors (Lipinski definition) is 5. The fourth-order valence-corrected chi connectivity index (χ4v) is 1.87. The number of hydrogen-bond acceptors (Lipinski definition) is 6. The molecule has 1 rings (SSSR count). The van der Waals surface area contributed by atoms with E-state index in [2.05, 4.69) is 5.32 Å². The van der Waals surface area contributed by atoms with Gasteiger partial charge in [0, 0.05) is 13.1 Å². The van der Waals surface area contributed by atoms with Gasteiger partial charge in [-0.2, -0.15) is 0 Å². The van der Waals surface area contributed by atoms with E-state index >= 15 is 0 Å². The van der Waals surface area contributed by atoms with Crippen molar-refractivity contribution < 1.29 is 34.5 Å². The highest BCUT2D eigenvalue weighted by molar-refractivity contribution is 5.91. The lowest BCUT2D eigenvalue weighted by atomic mass is 10.0. The quantitative estimate of drug-likeness (QED) is 0.344. The molecule has 6 N–H and O–H groups in total. The summed E-state index contributed by atoms with van der Waals surface area (Å²) in [7, 11) is 0. The lowest BCUT2D eigenvalue weighted by molar-refractivity contribution is -0.156. The van der Waals surface area contributed by atoms with Crippen molar-refractivity contribution in [2.75, 3.05) is 13.1 Å². The Balaban J connectivity index is 2.89. The van der Waals surface area contributed by atoms with Gasteiger partial charge in [0.2, 0.25) is 5.91 Å². The first-order valence-corrected chi connectivity index (χ1v) is 5.71. The van der Waals surface area contributed by atoms with Gasteiger partial charge in [-0.15, -0.1) is 0 Å². The van der Waals surface area contributed by atoms with Gasteiger partial charge in [-0.25, -0.2) is 4.79 Å². The molecule has 1 aliphatic heterocycles. The van der Waals surface area contributed by atoms with Gasteiger partial charge in [-0.1, -0.05) is 0 Å². The maximum Gasteiger partial charge on any atom is 0.327 e. The minimum atomic E-state index is -1.44. The monoisotopic (exact) mass is 289 g/mol. The van der Waals surface area contributed by atoms with E-state index in [1.54, 1.807) is 0 Å². The Bertz CT molecular complexity index is 439. The predicted octanol–water partition coefficient (Wildman–Crippen LogP) is -2.87. The number of carbonyl (C=O) groups is 4. The number of rotatable bonds is 6. The van der Waals surface area contributed by atoms with E-state index in [4.69, 9.17) is 21.1 Å². The number of amides is 1. The van der Waals surface area contributed by atoms with Crippen LogP contribution in [0.25, 0.3) is 0 Å². The van der Waals surface area contributed by atoms with Crippen molar-refractivity contribution in [1.82, 2.24) is 10.2 Å². The van der Waals surface area contributed by atoms with Crippen LogP contribution in [0, 0.1) is 0 Å². The summed E-state index contributed by atoms with van der Waals surface area (Å²) in [4.78, 5) is 45.2. The van der Waals surface area contributed by atoms with Gasteiger partial charge < -0.3 is 31.3 Å². The highest BCUT2D eigenvalue weighted by atomic mass is 16.4. The van der Waals surface area contributed by atoms with Crippen LogP contribution in [0.15, 0.2) is 0 Å². The third-order valence-electron chi connectivity index (χ3n) is 2.89. The average molecular weight is 289 g/mol. The molecule has 0 aliphatic carbocycles. The molecule has 10 nitrogen and oxygen atoms in total. The van der Waals surface area contributed by atoms with Crippen molar-refractivity contribution in [3.8, 4) is 0 Å². The summed E-state index contributed by atoms with van der Waals surface area (Å²) in [6.45, 7) is -0.672. The lowest BCUT2D eigenvalue weighted by Crippen LogP contribution is -2.65. The summed E-state index contributed by atoms with van der Waals surface area (Å²) in [5.74, 6) is -4.72. The van der Waals surface area contributed by atoms with E-state index < -0.39 is 54.9 Å². The van der Waals surface area contributed by atoms with Crippen LogP contribution in [0.1, 0.15) is 6.42 Å². The largest absolute Gasteiger partial charge is 0.481 e. The first-order valence-electron chi connectivity index (χ1n) is 5.71. The van der Waals surface area contributed by atoms with Crippen LogP contribution in [-0.2, 0) is 19.2 Å². The van der Waals surface area contributed by atoms with Crippen molar-refractivity contribution in [3.05, 3.63) is 0 Å². The van der Waals surface area contributed by atoms with Gasteiger partial charge in [0.15, 0.2) is 0 Å². The SMILES string of the molecule is NC(CN1C(=O)C(CC(=O)O)NCC1C(=O)O)C(=O)O. The minimum absolute atomic E-state index is 0.175. The number of nitrogens with zero attached hydrogens (tertiary/aromatic N) is 1. The number of aliphatic carboxylic acids is 3. The van der Waals surface area contributed by atoms with Crippen LogP contribution in [-0.4, -0.2) is 75.2 Å². The number of nitrogens with two attached hydrogens (primary N) is 1. The van der Waals surface area contributed by atoms with Crippen LogP contribution in [0.3, 0.4) is 0 Å². The maximum absolute atomic E-state index is 12.0. The Morgan fingerprint density at radius 1 is 1.35 bits per heavy atom. The van der Waals surface area contributed by atoms with Gasteiger partial charge in [0.05, 0.1) is 12.5 Å². The molecule has 1 fully saturated rings. The summed E-state index contributed by atoms with van der Waals surface area (Å²) >= 11 is 0. The Morgan fingerprint density at radius 3 is 2.40 bits per heavy atom. The van der Waals surface area contributed by atoms with Crippen LogP contribution in [0.5, 0.6) is 0 Å². The van der Waals surface area contributed by atoms with Gasteiger partial charge in [-0.3, -0.25) is 14.4 Å². The van der Waals surface area contributed by atoms with Crippen LogP contribution < -0.4 is 11.1 Å². The molecular weight excluding hydrogens is 274 g/mol. The van der Waals surface area contributed by atoms with Crippen molar-refractivity contribution in [2.45, 2.75) is 24.5 Å². The third-order valence-corrected chi connectivity index (χ3v) is 2.89. The molecular formula is C10H15N3O7. The Labute approximate surface area is 113 Å². The highest BCUT2D eigenvalue weighted by Gasteiger charge is 2.40. The molecule has 1 heterocycles. The molecule has 0 saturated carbocycles. The van der Waals surface area contributed by atoms with Gasteiger partial charge in [0.25, 0.3) is 0 Å². The Hall–Kier alpha value is -2.20. The molecule has 10 heteroatoms. The number of carboxylic acids is 3. The van der Waals surface area contributed by atoms with Crippen molar-refractivity contribution in [3.63, 3.8) is 0 Å². The second-order valence-electron chi connectivity index (χ2n) is 4.35.